The lowest BCUT2D eigenvalue weighted by Crippen LogP contribution is -2.45. The van der Waals surface area contributed by atoms with E-state index in [1.54, 1.807) is 24.5 Å². The van der Waals surface area contributed by atoms with Crippen LogP contribution in [0.5, 0.6) is 0 Å². The number of halogens is 1. The molecule has 0 amide bonds. The molecule has 152 valence electrons. The van der Waals surface area contributed by atoms with Gasteiger partial charge in [0.15, 0.2) is 5.76 Å². The largest absolute Gasteiger partial charge is 0.390 e. The Morgan fingerprint density at radius 3 is 2.69 bits per heavy atom. The number of nitrogens with zero attached hydrogens (tertiary/aromatic N) is 2. The highest BCUT2D eigenvalue weighted by molar-refractivity contribution is 5.57. The molecule has 0 spiro atoms. The van der Waals surface area contributed by atoms with Crippen LogP contribution in [-0.4, -0.2) is 40.1 Å². The van der Waals surface area contributed by atoms with Crippen LogP contribution in [0.2, 0.25) is 0 Å². The molecule has 3 atom stereocenters. The molecule has 7 heteroatoms. The van der Waals surface area contributed by atoms with Crippen LogP contribution in [0.15, 0.2) is 59.4 Å². The Morgan fingerprint density at radius 1 is 1.10 bits per heavy atom. The maximum Gasteiger partial charge on any atom is 0.167 e. The number of pyridine rings is 1. The molecule has 0 bridgehead atoms. The van der Waals surface area contributed by atoms with Crippen LogP contribution in [0.1, 0.15) is 24.1 Å². The zero-order valence-corrected chi connectivity index (χ0v) is 16.0. The van der Waals surface area contributed by atoms with Crippen LogP contribution in [0, 0.1) is 5.82 Å². The van der Waals surface area contributed by atoms with Crippen LogP contribution >= 0.6 is 0 Å². The molecule has 6 nitrogen and oxygen atoms in total. The van der Waals surface area contributed by atoms with Crippen molar-refractivity contribution in [3.63, 3.8) is 0 Å². The summed E-state index contributed by atoms with van der Waals surface area (Å²) in [6, 6.07) is 11.9. The quantitative estimate of drug-likeness (QED) is 0.638. The fourth-order valence-corrected chi connectivity index (χ4v) is 3.53. The van der Waals surface area contributed by atoms with E-state index in [1.165, 1.54) is 12.1 Å². The average Bonchev–Trinajstić information content (AvgIpc) is 3.20. The Kier molecular flexibility index (Phi) is 6.29. The van der Waals surface area contributed by atoms with Crippen LogP contribution in [0.4, 0.5) is 4.39 Å². The predicted molar refractivity (Wildman–Crippen MR) is 105 cm³/mol. The predicted octanol–water partition coefficient (Wildman–Crippen LogP) is 3.12. The summed E-state index contributed by atoms with van der Waals surface area (Å²) in [6.07, 6.45) is 4.81. The minimum Gasteiger partial charge on any atom is -0.390 e. The number of aliphatic hydroxyl groups excluding tert-OH is 1. The third-order valence-electron chi connectivity index (χ3n) is 5.13. The maximum atomic E-state index is 13.1. The molecule has 3 aromatic rings. The molecule has 1 aliphatic heterocycles. The highest BCUT2D eigenvalue weighted by Gasteiger charge is 2.30. The number of aliphatic hydroxyl groups is 1. The van der Waals surface area contributed by atoms with Gasteiger partial charge < -0.3 is 19.7 Å². The van der Waals surface area contributed by atoms with E-state index in [9.17, 15) is 9.50 Å². The molecule has 1 saturated heterocycles. The molecular formula is C22H24FN3O3. The summed E-state index contributed by atoms with van der Waals surface area (Å²) in [5, 5.41) is 17.7. The zero-order valence-electron chi connectivity index (χ0n) is 16.0. The molecule has 2 aromatic heterocycles. The first-order chi connectivity index (χ1) is 14.2. The monoisotopic (exact) mass is 397 g/mol. The van der Waals surface area contributed by atoms with Gasteiger partial charge in [-0.15, -0.1) is 0 Å². The average molecular weight is 397 g/mol. The third kappa shape index (κ3) is 5.26. The van der Waals surface area contributed by atoms with E-state index < -0.39 is 6.10 Å². The van der Waals surface area contributed by atoms with Crippen molar-refractivity contribution in [2.45, 2.75) is 44.1 Å². The molecule has 2 N–H and O–H groups in total. The highest BCUT2D eigenvalue weighted by atomic mass is 19.1. The second-order valence-corrected chi connectivity index (χ2v) is 7.32. The van der Waals surface area contributed by atoms with E-state index >= 15 is 0 Å². The Labute approximate surface area is 168 Å². The van der Waals surface area contributed by atoms with Gasteiger partial charge in [-0.25, -0.2) is 4.39 Å². The van der Waals surface area contributed by atoms with Crippen molar-refractivity contribution in [1.29, 1.82) is 0 Å². The lowest BCUT2D eigenvalue weighted by molar-refractivity contribution is -0.115. The van der Waals surface area contributed by atoms with Gasteiger partial charge in [0.25, 0.3) is 0 Å². The van der Waals surface area contributed by atoms with Crippen LogP contribution in [-0.2, 0) is 17.7 Å². The van der Waals surface area contributed by atoms with E-state index in [0.717, 1.165) is 23.2 Å². The molecule has 29 heavy (non-hydrogen) atoms. The topological polar surface area (TPSA) is 80.4 Å². The second-order valence-electron chi connectivity index (χ2n) is 7.32. The third-order valence-corrected chi connectivity index (χ3v) is 5.13. The van der Waals surface area contributed by atoms with Gasteiger partial charge in [-0.1, -0.05) is 5.16 Å². The van der Waals surface area contributed by atoms with Gasteiger partial charge in [0.2, 0.25) is 0 Å². The van der Waals surface area contributed by atoms with Crippen molar-refractivity contribution in [1.82, 2.24) is 15.5 Å². The van der Waals surface area contributed by atoms with Crippen LogP contribution < -0.4 is 5.32 Å². The molecule has 1 aliphatic rings. The van der Waals surface area contributed by atoms with Gasteiger partial charge in [0.05, 0.1) is 24.0 Å². The number of hydrogen-bond acceptors (Lipinski definition) is 6. The molecule has 1 aromatic carbocycles. The van der Waals surface area contributed by atoms with Crippen molar-refractivity contribution >= 4 is 0 Å². The summed E-state index contributed by atoms with van der Waals surface area (Å²) in [5.74, 6) is 0.317. The molecule has 1 fully saturated rings. The summed E-state index contributed by atoms with van der Waals surface area (Å²) in [7, 11) is 0. The minimum absolute atomic E-state index is 0.0303. The van der Waals surface area contributed by atoms with Gasteiger partial charge in [-0.05, 0) is 54.8 Å². The fraction of sp³-hybridized carbons (Fsp3) is 0.364. The summed E-state index contributed by atoms with van der Waals surface area (Å²) >= 11 is 0. The Balaban J connectivity index is 1.30. The normalized spacial score (nSPS) is 21.9. The number of ether oxygens (including phenoxy) is 1. The summed E-state index contributed by atoms with van der Waals surface area (Å²) in [6.45, 7) is 1.27. The standard InChI is InChI=1S/C22H24FN3O3/c23-17-3-1-16(2-4-17)21-12-18(26-29-21)11-19-5-6-20(27)22(28-19)14-25-13-15-7-9-24-10-8-15/h1-4,7-10,12,19-20,22,25,27H,5-6,11,13-14H2. The van der Waals surface area contributed by atoms with Gasteiger partial charge in [0, 0.05) is 43.5 Å². The number of nitrogens with one attached hydrogen (secondary N) is 1. The summed E-state index contributed by atoms with van der Waals surface area (Å²) in [4.78, 5) is 4.01. The van der Waals surface area contributed by atoms with Crippen molar-refractivity contribution in [2.75, 3.05) is 6.54 Å². The molecule has 3 heterocycles. The van der Waals surface area contributed by atoms with E-state index in [2.05, 4.69) is 15.5 Å². The number of aromatic nitrogens is 2. The van der Waals surface area contributed by atoms with Gasteiger partial charge in [-0.3, -0.25) is 4.98 Å². The summed E-state index contributed by atoms with van der Waals surface area (Å²) < 4.78 is 24.6. The first-order valence-electron chi connectivity index (χ1n) is 9.82. The maximum absolute atomic E-state index is 13.1. The van der Waals surface area contributed by atoms with Gasteiger partial charge >= 0.3 is 0 Å². The van der Waals surface area contributed by atoms with Crippen LogP contribution in [0.25, 0.3) is 11.3 Å². The lowest BCUT2D eigenvalue weighted by atomic mass is 9.98. The Morgan fingerprint density at radius 2 is 1.90 bits per heavy atom. The van der Waals surface area contributed by atoms with Gasteiger partial charge in [0.1, 0.15) is 5.82 Å². The summed E-state index contributed by atoms with van der Waals surface area (Å²) in [5.41, 5.74) is 2.70. The zero-order chi connectivity index (χ0) is 20.1. The van der Waals surface area contributed by atoms with E-state index in [0.29, 0.717) is 31.7 Å². The number of hydrogen-bond donors (Lipinski definition) is 2. The number of rotatable bonds is 7. The smallest absolute Gasteiger partial charge is 0.167 e. The van der Waals surface area contributed by atoms with Crippen molar-refractivity contribution in [3.05, 3.63) is 71.9 Å². The van der Waals surface area contributed by atoms with Crippen molar-refractivity contribution in [2.24, 2.45) is 0 Å². The highest BCUT2D eigenvalue weighted by Crippen LogP contribution is 2.25. The minimum atomic E-state index is -0.483. The first kappa shape index (κ1) is 19.7. The fourth-order valence-electron chi connectivity index (χ4n) is 3.53. The van der Waals surface area contributed by atoms with Crippen molar-refractivity contribution in [3.8, 4) is 11.3 Å². The Bertz CT molecular complexity index is 901. The lowest BCUT2D eigenvalue weighted by Gasteiger charge is -2.34. The molecule has 4 rings (SSSR count). The first-order valence-corrected chi connectivity index (χ1v) is 9.82. The number of benzene rings is 1. The van der Waals surface area contributed by atoms with E-state index in [4.69, 9.17) is 9.26 Å². The van der Waals surface area contributed by atoms with E-state index in [1.807, 2.05) is 18.2 Å². The van der Waals surface area contributed by atoms with Gasteiger partial charge in [-0.2, -0.15) is 0 Å². The SMILES string of the molecule is OC1CCC(Cc2cc(-c3ccc(F)cc3)on2)OC1CNCc1ccncc1. The second kappa shape index (κ2) is 9.26. The Hall–Kier alpha value is -2.61. The molecule has 0 aliphatic carbocycles. The molecular weight excluding hydrogens is 373 g/mol. The molecule has 3 unspecified atom stereocenters. The van der Waals surface area contributed by atoms with E-state index in [-0.39, 0.29) is 18.0 Å². The van der Waals surface area contributed by atoms with Crippen molar-refractivity contribution < 1.29 is 18.8 Å². The molecule has 0 radical (unpaired) electrons. The molecule has 0 saturated carbocycles. The van der Waals surface area contributed by atoms with Crippen LogP contribution in [0.3, 0.4) is 0 Å².